The maximum atomic E-state index is 14.4. The number of carbonyl (C=O) groups excluding carboxylic acids is 5. The summed E-state index contributed by atoms with van der Waals surface area (Å²) in [6.07, 6.45) is 8.32. The number of aliphatic hydroxyl groups excluding tert-OH is 2. The van der Waals surface area contributed by atoms with Gasteiger partial charge in [-0.3, -0.25) is 19.2 Å². The molecule has 0 aromatic heterocycles. The molecule has 0 unspecified atom stereocenters. The molecule has 3 aliphatic heterocycles. The van der Waals surface area contributed by atoms with E-state index in [-0.39, 0.29) is 67.7 Å². The van der Waals surface area contributed by atoms with Gasteiger partial charge in [-0.25, -0.2) is 4.79 Å². The van der Waals surface area contributed by atoms with Gasteiger partial charge in [-0.15, -0.1) is 0 Å². The van der Waals surface area contributed by atoms with E-state index in [0.29, 0.717) is 62.5 Å². The third-order valence-corrected chi connectivity index (χ3v) is 14.3. The first-order valence-electron chi connectivity index (χ1n) is 25.2. The monoisotopic (exact) mass is 918 g/mol. The first kappa shape index (κ1) is 49.5. The minimum absolute atomic E-state index is 0.0213. The Hall–Kier alpha value is -3.37. The maximum Gasteiger partial charge on any atom is 0.329 e. The fourth-order valence-corrected chi connectivity index (χ4v) is 9.98. The highest BCUT2D eigenvalue weighted by atomic mass is 16.6. The minimum Gasteiger partial charge on any atom is -0.460 e. The number of esters is 1. The lowest BCUT2D eigenvalue weighted by atomic mass is 9.78. The van der Waals surface area contributed by atoms with E-state index in [9.17, 15) is 39.3 Å². The highest BCUT2D eigenvalue weighted by Gasteiger charge is 2.53. The van der Waals surface area contributed by atoms with E-state index in [1.807, 2.05) is 19.9 Å². The molecule has 3 heterocycles. The lowest BCUT2D eigenvalue weighted by Crippen LogP contribution is -2.61. The van der Waals surface area contributed by atoms with Gasteiger partial charge in [0.15, 0.2) is 5.78 Å². The third kappa shape index (κ3) is 14.3. The van der Waals surface area contributed by atoms with Crippen molar-refractivity contribution in [3.8, 4) is 0 Å². The second-order valence-electron chi connectivity index (χ2n) is 19.5. The highest BCUT2D eigenvalue weighted by molar-refractivity contribution is 6.39. The molecule has 15 atom stereocenters. The summed E-state index contributed by atoms with van der Waals surface area (Å²) in [6, 6.07) is -1.21. The predicted molar refractivity (Wildman–Crippen MR) is 245 cm³/mol. The van der Waals surface area contributed by atoms with E-state index in [1.54, 1.807) is 72.1 Å². The van der Waals surface area contributed by atoms with E-state index in [1.165, 1.54) is 7.11 Å². The van der Waals surface area contributed by atoms with Gasteiger partial charge in [0.05, 0.1) is 28.5 Å². The zero-order valence-corrected chi connectivity index (χ0v) is 40.1. The van der Waals surface area contributed by atoms with Crippen LogP contribution in [0.1, 0.15) is 130 Å². The average molecular weight is 918 g/mol. The van der Waals surface area contributed by atoms with Crippen molar-refractivity contribution in [2.75, 3.05) is 27.8 Å². The summed E-state index contributed by atoms with van der Waals surface area (Å²) in [4.78, 5) is 71.9. The second kappa shape index (κ2) is 25.1. The van der Waals surface area contributed by atoms with Crippen molar-refractivity contribution < 1.29 is 67.1 Å². The normalized spacial score (nSPS) is 41.3. The van der Waals surface area contributed by atoms with Crippen LogP contribution in [0.5, 0.6) is 0 Å². The van der Waals surface area contributed by atoms with Crippen LogP contribution in [-0.2, 0) is 47.7 Å². The Morgan fingerprint density at radius 1 is 0.892 bits per heavy atom. The summed E-state index contributed by atoms with van der Waals surface area (Å²) in [7, 11) is 0.102. The van der Waals surface area contributed by atoms with Crippen LogP contribution in [0.15, 0.2) is 47.6 Å². The average Bonchev–Trinajstić information content (AvgIpc) is 3.28. The number of nitrogens with zero attached hydrogens (tertiary/aromatic N) is 1. The van der Waals surface area contributed by atoms with E-state index in [2.05, 4.69) is 0 Å². The molecule has 3 N–H and O–H groups in total. The van der Waals surface area contributed by atoms with Crippen LogP contribution in [-0.4, -0.2) is 132 Å². The standard InChI is InChI=1S/C51H79NO13/c1-30-16-12-11-13-17-31(2)42(61-8)28-38-21-19-36(7)51(60,65-38)48(57)49(58)52-23-15-14-18-39(52)50(59)64-43(33(4)26-37-20-22-40(53)44(27-37)62-9)29-41(54)32(3)25-35(6)46(56)47(63-10)45(55)34(5)24-30/h11-13,16-17,25,30,32-34,36-40,42-44,46-47,53,56,60H,14-15,18-24,26-29H2,1-10H3/b13-11+,16-12+,31-17+,35-25+/t30-,32-,33-,34-,36-,37+,38+,39+,40-,42+,43+,44-,46-,47+,51-/m1/s1/i8+1D3. The van der Waals surface area contributed by atoms with Gasteiger partial charge < -0.3 is 43.9 Å². The number of carbonyl (C=O) groups is 5. The Balaban J connectivity index is 1.73. The van der Waals surface area contributed by atoms with Gasteiger partial charge in [0.2, 0.25) is 5.79 Å². The number of hydrogen-bond donors (Lipinski definition) is 3. The van der Waals surface area contributed by atoms with Crippen molar-refractivity contribution in [2.24, 2.45) is 35.5 Å². The third-order valence-electron chi connectivity index (χ3n) is 14.3. The van der Waals surface area contributed by atoms with Crippen LogP contribution >= 0.6 is 0 Å². The molecule has 366 valence electrons. The first-order valence-corrected chi connectivity index (χ1v) is 23.7. The van der Waals surface area contributed by atoms with Crippen LogP contribution in [0, 0.1) is 35.5 Å². The second-order valence-corrected chi connectivity index (χ2v) is 19.5. The SMILES string of the molecule is [2H][13C]([2H])([2H])O[C@H]1C[C@@H]2CC[C@@H](C)[C@@](O)(O2)C(=O)C(=O)N2CCCC[C@H]2C(=O)O[C@H]([C@H](C)C[C@@H]2CC[C@@H](O)[C@H](OC)C2)CC(=O)[C@H](C)/C=C(\C)[C@@H](O)[C@@H](OC)C(=O)[C@H](C)C[C@H](C)/C=C/C=C/C=C/1C. The molecule has 0 aromatic rings. The van der Waals surface area contributed by atoms with Gasteiger partial charge in [-0.2, -0.15) is 0 Å². The minimum atomic E-state index is -2.80. The van der Waals surface area contributed by atoms with Crippen molar-refractivity contribution in [3.05, 3.63) is 47.6 Å². The van der Waals surface area contributed by atoms with Crippen molar-refractivity contribution in [2.45, 2.75) is 180 Å². The topological polar surface area (TPSA) is 195 Å². The Kier molecular flexibility index (Phi) is 19.1. The molecule has 14 heteroatoms. The van der Waals surface area contributed by atoms with Gasteiger partial charge in [-0.05, 0) is 107 Å². The molecular weight excluding hydrogens is 836 g/mol. The number of allylic oxidation sites excluding steroid dienone is 6. The molecule has 1 amide bonds. The summed E-state index contributed by atoms with van der Waals surface area (Å²) in [5.41, 5.74) is 0.882. The van der Waals surface area contributed by atoms with E-state index >= 15 is 0 Å². The van der Waals surface area contributed by atoms with Crippen molar-refractivity contribution >= 4 is 29.2 Å². The summed E-state index contributed by atoms with van der Waals surface area (Å²) in [6.45, 7) is 12.2. The number of aliphatic hydroxyl groups is 3. The first-order chi connectivity index (χ1) is 31.9. The lowest BCUT2D eigenvalue weighted by Gasteiger charge is -2.42. The van der Waals surface area contributed by atoms with Crippen LogP contribution in [0.3, 0.4) is 0 Å². The smallest absolute Gasteiger partial charge is 0.329 e. The highest BCUT2D eigenvalue weighted by Crippen LogP contribution is 2.38. The molecule has 1 aliphatic carbocycles. The molecule has 0 radical (unpaired) electrons. The lowest BCUT2D eigenvalue weighted by molar-refractivity contribution is -0.265. The summed E-state index contributed by atoms with van der Waals surface area (Å²) in [5.74, 6) is -8.82. The number of hydrogen-bond acceptors (Lipinski definition) is 13. The Bertz CT molecular complexity index is 1870. The zero-order valence-electron chi connectivity index (χ0n) is 43.1. The summed E-state index contributed by atoms with van der Waals surface area (Å²) < 4.78 is 52.5. The largest absolute Gasteiger partial charge is 0.460 e. The number of Topliss-reactive ketones (excluding diaryl/α,β-unsaturated/α-hetero) is 3. The molecule has 3 fully saturated rings. The molecular formula is C51H79NO13. The fraction of sp³-hybridized carbons (Fsp3) is 0.745. The molecule has 2 saturated heterocycles. The molecule has 65 heavy (non-hydrogen) atoms. The van der Waals surface area contributed by atoms with Crippen molar-refractivity contribution in [1.82, 2.24) is 4.90 Å². The van der Waals surface area contributed by atoms with E-state index < -0.39 is 90.9 Å². The van der Waals surface area contributed by atoms with Gasteiger partial charge in [-0.1, -0.05) is 71.1 Å². The number of piperidine rings is 1. The van der Waals surface area contributed by atoms with Gasteiger partial charge in [0, 0.05) is 58.4 Å². The molecule has 1 saturated carbocycles. The van der Waals surface area contributed by atoms with Crippen LogP contribution in [0.25, 0.3) is 0 Å². The molecule has 4 aliphatic rings. The zero-order chi connectivity index (χ0) is 50.7. The summed E-state index contributed by atoms with van der Waals surface area (Å²) in [5, 5.41) is 33.9. The maximum absolute atomic E-state index is 14.4. The Morgan fingerprint density at radius 2 is 1.63 bits per heavy atom. The van der Waals surface area contributed by atoms with Gasteiger partial charge in [0.1, 0.15) is 30.1 Å². The number of rotatable bonds is 6. The number of ether oxygens (including phenoxy) is 5. The predicted octanol–water partition coefficient (Wildman–Crippen LogP) is 6.18. The quantitative estimate of drug-likeness (QED) is 0.118. The van der Waals surface area contributed by atoms with Crippen LogP contribution in [0.2, 0.25) is 0 Å². The molecule has 0 spiro atoms. The number of methoxy groups -OCH3 is 3. The van der Waals surface area contributed by atoms with Gasteiger partial charge >= 0.3 is 5.97 Å². The number of amides is 1. The Labute approximate surface area is 391 Å². The number of cyclic esters (lactones) is 1. The van der Waals surface area contributed by atoms with Crippen molar-refractivity contribution in [3.63, 3.8) is 0 Å². The molecule has 0 aromatic carbocycles. The Morgan fingerprint density at radius 3 is 2.32 bits per heavy atom. The van der Waals surface area contributed by atoms with Crippen molar-refractivity contribution in [1.29, 1.82) is 0 Å². The molecule has 2 bridgehead atoms. The number of ketones is 3. The fourth-order valence-electron chi connectivity index (χ4n) is 9.98. The van der Waals surface area contributed by atoms with Crippen LogP contribution in [0.4, 0.5) is 0 Å². The molecule has 4 rings (SSSR count). The van der Waals surface area contributed by atoms with Gasteiger partial charge in [0.25, 0.3) is 11.7 Å². The van der Waals surface area contributed by atoms with E-state index in [0.717, 1.165) is 4.90 Å². The number of fused-ring (bicyclic) bond motifs is 3. The van der Waals surface area contributed by atoms with E-state index in [4.69, 9.17) is 27.8 Å². The summed E-state index contributed by atoms with van der Waals surface area (Å²) >= 11 is 0. The van der Waals surface area contributed by atoms with Crippen LogP contribution < -0.4 is 0 Å². The molecule has 14 nitrogen and oxygen atoms in total.